The van der Waals surface area contributed by atoms with Gasteiger partial charge in [-0.2, -0.15) is 0 Å². The molecule has 4 heteroatoms. The number of fused-ring (bicyclic) bond motifs is 9. The van der Waals surface area contributed by atoms with Crippen molar-refractivity contribution in [2.24, 2.45) is 0 Å². The molecule has 0 radical (unpaired) electrons. The first-order valence-corrected chi connectivity index (χ1v) is 16.6. The fraction of sp³-hybridized carbons (Fsp3) is 0. The lowest BCUT2D eigenvalue weighted by atomic mass is 9.92. The van der Waals surface area contributed by atoms with E-state index in [4.69, 9.17) is 9.40 Å². The van der Waals surface area contributed by atoms with Gasteiger partial charge in [-0.3, -0.25) is 0 Å². The summed E-state index contributed by atoms with van der Waals surface area (Å²) in [6.45, 7) is 0. The van der Waals surface area contributed by atoms with Crippen LogP contribution in [0.1, 0.15) is 0 Å². The second-order valence-corrected chi connectivity index (χ2v) is 13.0. The van der Waals surface area contributed by atoms with Gasteiger partial charge >= 0.3 is 0 Å². The normalized spacial score (nSPS) is 12.6. The van der Waals surface area contributed by atoms with E-state index in [9.17, 15) is 0 Å². The molecule has 7 aromatic carbocycles. The molecule has 0 N–H and O–H groups in total. The van der Waals surface area contributed by atoms with Gasteiger partial charge in [0.15, 0.2) is 0 Å². The Morgan fingerprint density at radius 1 is 0.511 bits per heavy atom. The second-order valence-electron chi connectivity index (χ2n) is 11.9. The molecule has 9 aromatic rings. The van der Waals surface area contributed by atoms with E-state index in [1.165, 1.54) is 26.6 Å². The number of benzene rings is 7. The van der Waals surface area contributed by atoms with Crippen LogP contribution in [0.2, 0.25) is 0 Å². The molecule has 0 aliphatic carbocycles. The third-order valence-corrected chi connectivity index (χ3v) is 10.4. The molecule has 0 atom stereocenters. The second kappa shape index (κ2) is 10.3. The van der Waals surface area contributed by atoms with Crippen molar-refractivity contribution in [2.75, 3.05) is 4.90 Å². The van der Waals surface area contributed by atoms with Crippen molar-refractivity contribution in [1.29, 1.82) is 0 Å². The number of anilines is 3. The van der Waals surface area contributed by atoms with Gasteiger partial charge in [-0.25, -0.2) is 4.98 Å². The molecule has 10 rings (SSSR count). The fourth-order valence-corrected chi connectivity index (χ4v) is 8.19. The molecule has 0 saturated heterocycles. The number of pyridine rings is 1. The summed E-state index contributed by atoms with van der Waals surface area (Å²) in [6, 6.07) is 55.8. The largest absolute Gasteiger partial charge is 0.455 e. The Kier molecular flexibility index (Phi) is 5.81. The fourth-order valence-electron chi connectivity index (χ4n) is 7.13. The summed E-state index contributed by atoms with van der Waals surface area (Å²) >= 11 is 1.83. The number of para-hydroxylation sites is 4. The Morgan fingerprint density at radius 3 is 1.91 bits per heavy atom. The number of rotatable bonds is 3. The summed E-state index contributed by atoms with van der Waals surface area (Å²) in [5.74, 6) is 0. The van der Waals surface area contributed by atoms with Crippen LogP contribution in [0.15, 0.2) is 172 Å². The van der Waals surface area contributed by atoms with Gasteiger partial charge in [0.05, 0.1) is 22.6 Å². The van der Waals surface area contributed by atoms with E-state index in [1.54, 1.807) is 0 Å². The van der Waals surface area contributed by atoms with E-state index in [2.05, 4.69) is 157 Å². The van der Waals surface area contributed by atoms with Crippen LogP contribution in [0, 0.1) is 0 Å². The monoisotopic (exact) mass is 618 g/mol. The van der Waals surface area contributed by atoms with Gasteiger partial charge in [0, 0.05) is 53.5 Å². The number of furan rings is 1. The lowest BCUT2D eigenvalue weighted by molar-refractivity contribution is 0.670. The highest BCUT2D eigenvalue weighted by atomic mass is 32.2. The SMILES string of the molecule is c1ccc(-c2nc3ccccc3c3c2cc(-c2ccc(N4c5ccccc5Sc5ccccc54)cc2)c2oc4ccccc4c23)cc1. The maximum Gasteiger partial charge on any atom is 0.143 e. The lowest BCUT2D eigenvalue weighted by Gasteiger charge is -2.32. The van der Waals surface area contributed by atoms with Crippen LogP contribution >= 0.6 is 11.8 Å². The van der Waals surface area contributed by atoms with E-state index >= 15 is 0 Å². The van der Waals surface area contributed by atoms with Crippen LogP contribution in [-0.4, -0.2) is 4.98 Å². The summed E-state index contributed by atoms with van der Waals surface area (Å²) < 4.78 is 6.75. The maximum absolute atomic E-state index is 6.75. The van der Waals surface area contributed by atoms with Gasteiger partial charge in [-0.05, 0) is 60.2 Å². The zero-order valence-corrected chi connectivity index (χ0v) is 26.0. The van der Waals surface area contributed by atoms with Crippen LogP contribution in [0.25, 0.3) is 66.0 Å². The number of hydrogen-bond acceptors (Lipinski definition) is 4. The summed E-state index contributed by atoms with van der Waals surface area (Å²) in [7, 11) is 0. The van der Waals surface area contributed by atoms with E-state index in [0.29, 0.717) is 0 Å². The molecule has 0 bridgehead atoms. The van der Waals surface area contributed by atoms with Crippen molar-refractivity contribution in [3.05, 3.63) is 158 Å². The first-order valence-electron chi connectivity index (χ1n) is 15.8. The number of hydrogen-bond donors (Lipinski definition) is 0. The van der Waals surface area contributed by atoms with Crippen molar-refractivity contribution in [3.63, 3.8) is 0 Å². The van der Waals surface area contributed by atoms with Crippen LogP contribution in [0.4, 0.5) is 17.1 Å². The minimum Gasteiger partial charge on any atom is -0.455 e. The standard InChI is InChI=1S/C43H26N2OS/c1-2-12-28(13-3-1)42-33-26-32(43-41(31-15-5-9-19-37(31)46-43)40(33)30-14-4-6-16-34(30)44-42)27-22-24-29(25-23-27)45-35-17-7-10-20-38(35)47-39-21-11-8-18-36(39)45/h1-26H. The molecule has 47 heavy (non-hydrogen) atoms. The van der Waals surface area contributed by atoms with Gasteiger partial charge in [0.25, 0.3) is 0 Å². The third kappa shape index (κ3) is 4.05. The molecule has 1 aliphatic heterocycles. The topological polar surface area (TPSA) is 29.3 Å². The van der Waals surface area contributed by atoms with Gasteiger partial charge in [-0.1, -0.05) is 115 Å². The van der Waals surface area contributed by atoms with Gasteiger partial charge in [0.1, 0.15) is 11.2 Å². The van der Waals surface area contributed by atoms with Crippen LogP contribution in [-0.2, 0) is 0 Å². The zero-order valence-electron chi connectivity index (χ0n) is 25.2. The minimum atomic E-state index is 0.883. The lowest BCUT2D eigenvalue weighted by Crippen LogP contribution is -2.14. The van der Waals surface area contributed by atoms with Gasteiger partial charge in [-0.15, -0.1) is 0 Å². The highest BCUT2D eigenvalue weighted by molar-refractivity contribution is 7.99. The van der Waals surface area contributed by atoms with Gasteiger partial charge in [0.2, 0.25) is 0 Å². The zero-order chi connectivity index (χ0) is 30.9. The molecule has 220 valence electrons. The summed E-state index contributed by atoms with van der Waals surface area (Å²) in [5, 5.41) is 5.66. The molecule has 2 aromatic heterocycles. The summed E-state index contributed by atoms with van der Waals surface area (Å²) in [5.41, 5.74) is 10.5. The molecule has 0 spiro atoms. The Bertz CT molecular complexity index is 2610. The average molecular weight is 619 g/mol. The maximum atomic E-state index is 6.75. The highest BCUT2D eigenvalue weighted by Crippen LogP contribution is 2.52. The molecule has 0 amide bonds. The third-order valence-electron chi connectivity index (χ3n) is 9.22. The summed E-state index contributed by atoms with van der Waals surface area (Å²) in [4.78, 5) is 10.1. The van der Waals surface area contributed by atoms with Crippen LogP contribution in [0.3, 0.4) is 0 Å². The van der Waals surface area contributed by atoms with Gasteiger partial charge < -0.3 is 9.32 Å². The highest BCUT2D eigenvalue weighted by Gasteiger charge is 2.25. The Morgan fingerprint density at radius 2 is 1.15 bits per heavy atom. The number of aromatic nitrogens is 1. The van der Waals surface area contributed by atoms with Crippen molar-refractivity contribution < 1.29 is 4.42 Å². The average Bonchev–Trinajstić information content (AvgIpc) is 3.53. The number of nitrogens with zero attached hydrogens (tertiary/aromatic N) is 2. The predicted octanol–water partition coefficient (Wildman–Crippen LogP) is 12.6. The van der Waals surface area contributed by atoms with Crippen LogP contribution < -0.4 is 4.90 Å². The molecular weight excluding hydrogens is 593 g/mol. The van der Waals surface area contributed by atoms with E-state index in [-0.39, 0.29) is 0 Å². The molecule has 3 heterocycles. The predicted molar refractivity (Wildman–Crippen MR) is 196 cm³/mol. The molecule has 3 nitrogen and oxygen atoms in total. The summed E-state index contributed by atoms with van der Waals surface area (Å²) in [6.07, 6.45) is 0. The molecule has 0 saturated carbocycles. The minimum absolute atomic E-state index is 0.883. The van der Waals surface area contributed by atoms with E-state index < -0.39 is 0 Å². The van der Waals surface area contributed by atoms with Crippen LogP contribution in [0.5, 0.6) is 0 Å². The molecule has 0 fully saturated rings. The molecule has 0 unspecified atom stereocenters. The smallest absolute Gasteiger partial charge is 0.143 e. The van der Waals surface area contributed by atoms with Crippen molar-refractivity contribution in [2.45, 2.75) is 9.79 Å². The van der Waals surface area contributed by atoms with E-state index in [0.717, 1.165) is 66.3 Å². The Hall–Kier alpha value is -5.84. The Balaban J connectivity index is 1.24. The van der Waals surface area contributed by atoms with E-state index in [1.807, 2.05) is 17.8 Å². The first kappa shape index (κ1) is 26.4. The van der Waals surface area contributed by atoms with Crippen molar-refractivity contribution >= 4 is 72.4 Å². The molecule has 1 aliphatic rings. The quantitative estimate of drug-likeness (QED) is 0.184. The molecular formula is C43H26N2OS. The van der Waals surface area contributed by atoms with Crippen molar-refractivity contribution in [3.8, 4) is 22.4 Å². The van der Waals surface area contributed by atoms with Crippen molar-refractivity contribution in [1.82, 2.24) is 4.98 Å². The first-order chi connectivity index (χ1) is 23.3. The Labute approximate surface area is 275 Å².